The molecule has 1 aliphatic rings. The molecule has 21 heavy (non-hydrogen) atoms. The predicted octanol–water partition coefficient (Wildman–Crippen LogP) is 1.77. The van der Waals surface area contributed by atoms with Crippen LogP contribution in [0.25, 0.3) is 0 Å². The van der Waals surface area contributed by atoms with E-state index < -0.39 is 11.9 Å². The first-order valence-corrected chi connectivity index (χ1v) is 7.21. The predicted molar refractivity (Wildman–Crippen MR) is 77.6 cm³/mol. The standard InChI is InChI=1S/C16H21NO4/c1-12(16(19)20)15(18)17-8-7-14(9-17)11-21-10-13-5-3-2-4-6-13/h2-6,12,14H,7-11H2,1H3,(H,19,20). The summed E-state index contributed by atoms with van der Waals surface area (Å²) in [5, 5.41) is 8.87. The summed E-state index contributed by atoms with van der Waals surface area (Å²) < 4.78 is 5.69. The van der Waals surface area contributed by atoms with Crippen molar-refractivity contribution >= 4 is 11.9 Å². The minimum atomic E-state index is -1.07. The third-order valence-corrected chi connectivity index (χ3v) is 3.80. The molecule has 114 valence electrons. The summed E-state index contributed by atoms with van der Waals surface area (Å²) in [6.45, 7) is 3.81. The van der Waals surface area contributed by atoms with E-state index in [4.69, 9.17) is 9.84 Å². The zero-order chi connectivity index (χ0) is 15.2. The van der Waals surface area contributed by atoms with E-state index in [1.165, 1.54) is 6.92 Å². The van der Waals surface area contributed by atoms with Gasteiger partial charge >= 0.3 is 5.97 Å². The molecule has 0 radical (unpaired) electrons. The highest BCUT2D eigenvalue weighted by atomic mass is 16.5. The van der Waals surface area contributed by atoms with Crippen LogP contribution in [0.1, 0.15) is 18.9 Å². The number of amides is 1. The van der Waals surface area contributed by atoms with Crippen molar-refractivity contribution in [3.8, 4) is 0 Å². The van der Waals surface area contributed by atoms with Crippen LogP contribution >= 0.6 is 0 Å². The summed E-state index contributed by atoms with van der Waals surface area (Å²) in [6, 6.07) is 9.94. The van der Waals surface area contributed by atoms with Crippen LogP contribution in [0, 0.1) is 11.8 Å². The number of likely N-dealkylation sites (tertiary alicyclic amines) is 1. The van der Waals surface area contributed by atoms with Crippen LogP contribution < -0.4 is 0 Å². The largest absolute Gasteiger partial charge is 0.481 e. The molecule has 1 heterocycles. The van der Waals surface area contributed by atoms with Crippen molar-refractivity contribution in [3.63, 3.8) is 0 Å². The molecular formula is C16H21NO4. The Hall–Kier alpha value is -1.88. The lowest BCUT2D eigenvalue weighted by Crippen LogP contribution is -2.36. The molecule has 0 saturated carbocycles. The number of carbonyl (C=O) groups excluding carboxylic acids is 1. The number of carboxylic acid groups (broad SMARTS) is 1. The molecule has 1 aliphatic heterocycles. The number of rotatable bonds is 6. The number of nitrogens with zero attached hydrogens (tertiary/aromatic N) is 1. The SMILES string of the molecule is CC(C(=O)O)C(=O)N1CCC(COCc2ccccc2)C1. The molecule has 1 aromatic carbocycles. The van der Waals surface area contributed by atoms with E-state index in [2.05, 4.69) is 0 Å². The zero-order valence-corrected chi connectivity index (χ0v) is 12.2. The summed E-state index contributed by atoms with van der Waals surface area (Å²) in [4.78, 5) is 24.4. The number of carbonyl (C=O) groups is 2. The summed E-state index contributed by atoms with van der Waals surface area (Å²) in [7, 11) is 0. The Bertz CT molecular complexity index is 488. The lowest BCUT2D eigenvalue weighted by molar-refractivity contribution is -0.149. The van der Waals surface area contributed by atoms with Gasteiger partial charge in [-0.15, -0.1) is 0 Å². The van der Waals surface area contributed by atoms with Gasteiger partial charge in [-0.25, -0.2) is 0 Å². The maximum atomic E-state index is 11.9. The molecule has 2 atom stereocenters. The smallest absolute Gasteiger partial charge is 0.315 e. The minimum absolute atomic E-state index is 0.290. The van der Waals surface area contributed by atoms with E-state index in [0.29, 0.717) is 32.2 Å². The Morgan fingerprint density at radius 3 is 2.76 bits per heavy atom. The molecule has 1 N–H and O–H groups in total. The first kappa shape index (κ1) is 15.5. The van der Waals surface area contributed by atoms with Gasteiger partial charge in [-0.05, 0) is 18.9 Å². The van der Waals surface area contributed by atoms with Crippen molar-refractivity contribution in [3.05, 3.63) is 35.9 Å². The quantitative estimate of drug-likeness (QED) is 0.811. The normalized spacial score (nSPS) is 19.5. The van der Waals surface area contributed by atoms with Gasteiger partial charge in [0.2, 0.25) is 5.91 Å². The van der Waals surface area contributed by atoms with Gasteiger partial charge in [0.05, 0.1) is 13.2 Å². The van der Waals surface area contributed by atoms with Crippen molar-refractivity contribution in [2.45, 2.75) is 20.0 Å². The average Bonchev–Trinajstić information content (AvgIpc) is 2.95. The van der Waals surface area contributed by atoms with Gasteiger partial charge in [-0.2, -0.15) is 0 Å². The highest BCUT2D eigenvalue weighted by molar-refractivity contribution is 5.96. The van der Waals surface area contributed by atoms with Crippen molar-refractivity contribution in [1.29, 1.82) is 0 Å². The molecule has 0 aliphatic carbocycles. The van der Waals surface area contributed by atoms with Gasteiger partial charge in [-0.3, -0.25) is 9.59 Å². The van der Waals surface area contributed by atoms with E-state index in [1.54, 1.807) is 4.90 Å². The fraction of sp³-hybridized carbons (Fsp3) is 0.500. The van der Waals surface area contributed by atoms with Crippen LogP contribution in [0.3, 0.4) is 0 Å². The number of carboxylic acids is 1. The number of aliphatic carboxylic acids is 1. The van der Waals surface area contributed by atoms with E-state index in [-0.39, 0.29) is 5.91 Å². The van der Waals surface area contributed by atoms with Crippen LogP contribution in [0.2, 0.25) is 0 Å². The molecule has 0 spiro atoms. The number of hydrogen-bond donors (Lipinski definition) is 1. The number of benzene rings is 1. The third kappa shape index (κ3) is 4.29. The maximum absolute atomic E-state index is 11.9. The molecule has 1 amide bonds. The van der Waals surface area contributed by atoms with Gasteiger partial charge < -0.3 is 14.7 Å². The van der Waals surface area contributed by atoms with E-state index in [1.807, 2.05) is 30.3 Å². The van der Waals surface area contributed by atoms with Crippen molar-refractivity contribution in [1.82, 2.24) is 4.90 Å². The Morgan fingerprint density at radius 2 is 2.10 bits per heavy atom. The Morgan fingerprint density at radius 1 is 1.38 bits per heavy atom. The second-order valence-electron chi connectivity index (χ2n) is 5.50. The van der Waals surface area contributed by atoms with Crippen LogP contribution in [0.15, 0.2) is 30.3 Å². The highest BCUT2D eigenvalue weighted by Crippen LogP contribution is 2.19. The number of ether oxygens (including phenoxy) is 1. The van der Waals surface area contributed by atoms with Crippen LogP contribution in [-0.2, 0) is 20.9 Å². The molecule has 0 aromatic heterocycles. The first-order chi connectivity index (χ1) is 10.1. The average molecular weight is 291 g/mol. The zero-order valence-electron chi connectivity index (χ0n) is 12.2. The second-order valence-corrected chi connectivity index (χ2v) is 5.50. The van der Waals surface area contributed by atoms with Crippen molar-refractivity contribution < 1.29 is 19.4 Å². The Kier molecular flexibility index (Phi) is 5.33. The van der Waals surface area contributed by atoms with Crippen LogP contribution in [0.4, 0.5) is 0 Å². The van der Waals surface area contributed by atoms with Crippen molar-refractivity contribution in [2.75, 3.05) is 19.7 Å². The lowest BCUT2D eigenvalue weighted by Gasteiger charge is -2.18. The van der Waals surface area contributed by atoms with Gasteiger partial charge in [0.15, 0.2) is 0 Å². The molecule has 1 saturated heterocycles. The van der Waals surface area contributed by atoms with E-state index in [9.17, 15) is 9.59 Å². The van der Waals surface area contributed by atoms with Crippen molar-refractivity contribution in [2.24, 2.45) is 11.8 Å². The van der Waals surface area contributed by atoms with Gasteiger partial charge in [0.25, 0.3) is 0 Å². The molecule has 1 fully saturated rings. The highest BCUT2D eigenvalue weighted by Gasteiger charge is 2.31. The van der Waals surface area contributed by atoms with Crippen LogP contribution in [-0.4, -0.2) is 41.6 Å². The Labute approximate surface area is 124 Å². The molecule has 5 heteroatoms. The monoisotopic (exact) mass is 291 g/mol. The summed E-state index contributed by atoms with van der Waals surface area (Å²) in [5.74, 6) is -2.04. The fourth-order valence-electron chi connectivity index (χ4n) is 2.47. The molecule has 0 bridgehead atoms. The first-order valence-electron chi connectivity index (χ1n) is 7.21. The van der Waals surface area contributed by atoms with Gasteiger partial charge in [0.1, 0.15) is 5.92 Å². The van der Waals surface area contributed by atoms with Gasteiger partial charge in [0, 0.05) is 19.0 Å². The lowest BCUT2D eigenvalue weighted by atomic mass is 10.1. The molecule has 5 nitrogen and oxygen atoms in total. The molecule has 1 aromatic rings. The van der Waals surface area contributed by atoms with Crippen LogP contribution in [0.5, 0.6) is 0 Å². The second kappa shape index (κ2) is 7.22. The van der Waals surface area contributed by atoms with E-state index in [0.717, 1.165) is 12.0 Å². The maximum Gasteiger partial charge on any atom is 0.315 e. The summed E-state index contributed by atoms with van der Waals surface area (Å²) in [6.07, 6.45) is 0.868. The summed E-state index contributed by atoms with van der Waals surface area (Å²) in [5.41, 5.74) is 1.13. The number of hydrogen-bond acceptors (Lipinski definition) is 3. The topological polar surface area (TPSA) is 66.8 Å². The Balaban J connectivity index is 1.73. The fourth-order valence-corrected chi connectivity index (χ4v) is 2.47. The summed E-state index contributed by atoms with van der Waals surface area (Å²) >= 11 is 0. The molecular weight excluding hydrogens is 270 g/mol. The molecule has 2 rings (SSSR count). The van der Waals surface area contributed by atoms with E-state index >= 15 is 0 Å². The molecule has 2 unspecified atom stereocenters. The minimum Gasteiger partial charge on any atom is -0.481 e. The third-order valence-electron chi connectivity index (χ3n) is 3.80. The van der Waals surface area contributed by atoms with Gasteiger partial charge in [-0.1, -0.05) is 30.3 Å².